The van der Waals surface area contributed by atoms with E-state index in [0.717, 1.165) is 0 Å². The maximum atomic E-state index is 12.7. The summed E-state index contributed by atoms with van der Waals surface area (Å²) in [6, 6.07) is 0.389. The summed E-state index contributed by atoms with van der Waals surface area (Å²) in [6.07, 6.45) is -10.7. The smallest absolute Gasteiger partial charge is 0.326 e. The summed E-state index contributed by atoms with van der Waals surface area (Å²) in [7, 11) is 0. The first-order valence-electron chi connectivity index (χ1n) is 4.65. The third-order valence-corrected chi connectivity index (χ3v) is 2.28. The molecule has 0 atom stereocenters. The SMILES string of the molecule is NCc1c([N+](=O)[O-])ccc(C(F)(F)F)c1C(F)(F)F. The molecule has 0 amide bonds. The molecule has 0 aliphatic rings. The molecule has 0 aromatic heterocycles. The minimum Gasteiger partial charge on any atom is -0.326 e. The normalized spacial score (nSPS) is 12.6. The third kappa shape index (κ3) is 2.95. The van der Waals surface area contributed by atoms with E-state index in [-0.39, 0.29) is 6.07 Å². The average molecular weight is 288 g/mol. The van der Waals surface area contributed by atoms with Crippen molar-refractivity contribution in [2.45, 2.75) is 18.9 Å². The van der Waals surface area contributed by atoms with Gasteiger partial charge in [0.2, 0.25) is 0 Å². The monoisotopic (exact) mass is 288 g/mol. The van der Waals surface area contributed by atoms with Gasteiger partial charge in [0.1, 0.15) is 0 Å². The van der Waals surface area contributed by atoms with Gasteiger partial charge in [-0.3, -0.25) is 10.1 Å². The van der Waals surface area contributed by atoms with Crippen molar-refractivity contribution < 1.29 is 31.3 Å². The van der Waals surface area contributed by atoms with Gasteiger partial charge >= 0.3 is 12.4 Å². The number of nitro benzene ring substituents is 1. The number of benzene rings is 1. The minimum absolute atomic E-state index is 0.0279. The molecule has 0 spiro atoms. The summed E-state index contributed by atoms with van der Waals surface area (Å²) in [5, 5.41) is 10.5. The second-order valence-electron chi connectivity index (χ2n) is 3.44. The van der Waals surface area contributed by atoms with Crippen LogP contribution in [0.15, 0.2) is 12.1 Å². The summed E-state index contributed by atoms with van der Waals surface area (Å²) in [5.74, 6) is 0. The number of halogens is 6. The Morgan fingerprint density at radius 2 is 1.63 bits per heavy atom. The Morgan fingerprint density at radius 1 is 1.11 bits per heavy atom. The number of rotatable bonds is 2. The summed E-state index contributed by atoms with van der Waals surface area (Å²) in [6.45, 7) is -1.03. The number of hydrogen-bond donors (Lipinski definition) is 1. The van der Waals surface area contributed by atoms with Crippen molar-refractivity contribution in [2.75, 3.05) is 0 Å². The summed E-state index contributed by atoms with van der Waals surface area (Å²) >= 11 is 0. The maximum Gasteiger partial charge on any atom is 0.417 e. The highest BCUT2D eigenvalue weighted by atomic mass is 19.4. The molecule has 2 N–H and O–H groups in total. The molecule has 1 aromatic rings. The van der Waals surface area contributed by atoms with Gasteiger partial charge in [0.25, 0.3) is 5.69 Å². The van der Waals surface area contributed by atoms with E-state index in [2.05, 4.69) is 0 Å². The minimum atomic E-state index is -5.40. The Balaban J connectivity index is 3.76. The van der Waals surface area contributed by atoms with Crippen LogP contribution in [0.3, 0.4) is 0 Å². The molecule has 4 nitrogen and oxygen atoms in total. The average Bonchev–Trinajstić information content (AvgIpc) is 2.24. The zero-order valence-corrected chi connectivity index (χ0v) is 8.97. The largest absolute Gasteiger partial charge is 0.417 e. The van der Waals surface area contributed by atoms with Gasteiger partial charge in [-0.05, 0) is 6.07 Å². The molecule has 0 saturated heterocycles. The van der Waals surface area contributed by atoms with Crippen molar-refractivity contribution in [3.8, 4) is 0 Å². The molecule has 1 rings (SSSR count). The van der Waals surface area contributed by atoms with Crippen molar-refractivity contribution in [1.29, 1.82) is 0 Å². The molecule has 1 aromatic carbocycles. The van der Waals surface area contributed by atoms with E-state index in [1.807, 2.05) is 0 Å². The lowest BCUT2D eigenvalue weighted by Crippen LogP contribution is -2.21. The molecular weight excluding hydrogens is 282 g/mol. The lowest BCUT2D eigenvalue weighted by molar-refractivity contribution is -0.385. The van der Waals surface area contributed by atoms with Crippen LogP contribution >= 0.6 is 0 Å². The van der Waals surface area contributed by atoms with Crippen molar-refractivity contribution >= 4 is 5.69 Å². The third-order valence-electron chi connectivity index (χ3n) is 2.28. The van der Waals surface area contributed by atoms with Crippen LogP contribution in [-0.4, -0.2) is 4.92 Å². The fourth-order valence-electron chi connectivity index (χ4n) is 1.57. The van der Waals surface area contributed by atoms with Crippen LogP contribution < -0.4 is 5.73 Å². The quantitative estimate of drug-likeness (QED) is 0.516. The van der Waals surface area contributed by atoms with Crippen LogP contribution in [0.25, 0.3) is 0 Å². The van der Waals surface area contributed by atoms with Gasteiger partial charge in [0.05, 0.1) is 21.6 Å². The second-order valence-corrected chi connectivity index (χ2v) is 3.44. The van der Waals surface area contributed by atoms with Crippen molar-refractivity contribution in [3.05, 3.63) is 38.9 Å². The molecule has 0 radical (unpaired) electrons. The van der Waals surface area contributed by atoms with Crippen molar-refractivity contribution in [2.24, 2.45) is 5.73 Å². The molecule has 0 unspecified atom stereocenters. The summed E-state index contributed by atoms with van der Waals surface area (Å²) < 4.78 is 75.6. The van der Waals surface area contributed by atoms with Gasteiger partial charge < -0.3 is 5.73 Å². The van der Waals surface area contributed by atoms with E-state index in [1.165, 1.54) is 0 Å². The lowest BCUT2D eigenvalue weighted by atomic mass is 9.98. The predicted octanol–water partition coefficient (Wildman–Crippen LogP) is 3.09. The molecular formula is C9H6F6N2O2. The Kier molecular flexibility index (Phi) is 3.75. The summed E-state index contributed by atoms with van der Waals surface area (Å²) in [4.78, 5) is 9.31. The van der Waals surface area contributed by atoms with Crippen LogP contribution in [-0.2, 0) is 18.9 Å². The van der Waals surface area contributed by atoms with Crippen LogP contribution in [0, 0.1) is 10.1 Å². The Morgan fingerprint density at radius 3 is 1.95 bits per heavy atom. The fourth-order valence-corrected chi connectivity index (χ4v) is 1.57. The van der Waals surface area contributed by atoms with Gasteiger partial charge in [-0.1, -0.05) is 0 Å². The van der Waals surface area contributed by atoms with E-state index in [4.69, 9.17) is 5.73 Å². The van der Waals surface area contributed by atoms with Gasteiger partial charge in [-0.15, -0.1) is 0 Å². The molecule has 0 aliphatic carbocycles. The predicted molar refractivity (Wildman–Crippen MR) is 51.0 cm³/mol. The van der Waals surface area contributed by atoms with Gasteiger partial charge in [-0.25, -0.2) is 0 Å². The maximum absolute atomic E-state index is 12.7. The van der Waals surface area contributed by atoms with Crippen LogP contribution in [0.2, 0.25) is 0 Å². The zero-order valence-electron chi connectivity index (χ0n) is 8.97. The van der Waals surface area contributed by atoms with Crippen LogP contribution in [0.1, 0.15) is 16.7 Å². The van der Waals surface area contributed by atoms with Gasteiger partial charge in [0.15, 0.2) is 0 Å². The van der Waals surface area contributed by atoms with E-state index >= 15 is 0 Å². The van der Waals surface area contributed by atoms with Crippen molar-refractivity contribution in [1.82, 2.24) is 0 Å². The zero-order chi connectivity index (χ0) is 15.0. The highest BCUT2D eigenvalue weighted by molar-refractivity contribution is 5.51. The molecule has 10 heteroatoms. The first-order valence-corrected chi connectivity index (χ1v) is 4.65. The Labute approximate surface area is 102 Å². The van der Waals surface area contributed by atoms with Crippen molar-refractivity contribution in [3.63, 3.8) is 0 Å². The van der Waals surface area contributed by atoms with E-state index < -0.39 is 46.2 Å². The Bertz CT molecular complexity index is 509. The molecule has 0 bridgehead atoms. The number of nitro groups is 1. The molecule has 106 valence electrons. The van der Waals surface area contributed by atoms with E-state index in [1.54, 1.807) is 0 Å². The molecule has 19 heavy (non-hydrogen) atoms. The highest BCUT2D eigenvalue weighted by Gasteiger charge is 2.46. The molecule has 0 heterocycles. The van der Waals surface area contributed by atoms with Gasteiger partial charge in [0, 0.05) is 12.6 Å². The van der Waals surface area contributed by atoms with E-state index in [0.29, 0.717) is 6.07 Å². The highest BCUT2D eigenvalue weighted by Crippen LogP contribution is 2.44. The number of nitrogens with zero attached hydrogens (tertiary/aromatic N) is 1. The summed E-state index contributed by atoms with van der Waals surface area (Å²) in [5.41, 5.74) is -1.46. The van der Waals surface area contributed by atoms with Crippen LogP contribution in [0.5, 0.6) is 0 Å². The number of hydrogen-bond acceptors (Lipinski definition) is 3. The molecule has 0 saturated carbocycles. The lowest BCUT2D eigenvalue weighted by Gasteiger charge is -2.18. The number of nitrogens with two attached hydrogens (primary N) is 1. The van der Waals surface area contributed by atoms with Crippen LogP contribution in [0.4, 0.5) is 32.0 Å². The topological polar surface area (TPSA) is 69.2 Å². The molecule has 0 aliphatic heterocycles. The first-order chi connectivity index (χ1) is 8.50. The van der Waals surface area contributed by atoms with E-state index in [9.17, 15) is 36.5 Å². The first kappa shape index (κ1) is 15.2. The standard InChI is InChI=1S/C9H6F6N2O2/c10-8(11,12)5-1-2-6(17(18)19)4(3-16)7(5)9(13,14)15/h1-2H,3,16H2. The second kappa shape index (κ2) is 4.68. The van der Waals surface area contributed by atoms with Gasteiger partial charge in [-0.2, -0.15) is 26.3 Å². The Hall–Kier alpha value is -1.84. The fraction of sp³-hybridized carbons (Fsp3) is 0.333. The molecule has 0 fully saturated rings. The number of alkyl halides is 6.